The van der Waals surface area contributed by atoms with Crippen molar-refractivity contribution in [1.82, 2.24) is 0 Å². The Labute approximate surface area is 203 Å². The second kappa shape index (κ2) is 10.5. The highest BCUT2D eigenvalue weighted by Crippen LogP contribution is 2.22. The predicted octanol–water partition coefficient (Wildman–Crippen LogP) is 8.21. The number of para-hydroxylation sites is 1. The van der Waals surface area contributed by atoms with Gasteiger partial charge in [-0.2, -0.15) is 11.3 Å². The first-order chi connectivity index (χ1) is 16.8. The Morgan fingerprint density at radius 1 is 0.588 bits per heavy atom. The fourth-order valence-corrected chi connectivity index (χ4v) is 3.93. The molecule has 0 atom stereocenters. The van der Waals surface area contributed by atoms with Gasteiger partial charge in [-0.05, 0) is 102 Å². The molecule has 1 aromatic heterocycles. The molecule has 0 saturated heterocycles. The number of allylic oxidation sites excluding steroid dienone is 4. The summed E-state index contributed by atoms with van der Waals surface area (Å²) in [4.78, 5) is 13.9. The average molecular weight is 459 g/mol. The lowest BCUT2D eigenvalue weighted by Gasteiger charge is -2.07. The summed E-state index contributed by atoms with van der Waals surface area (Å²) in [6.45, 7) is 0. The summed E-state index contributed by atoms with van der Waals surface area (Å²) in [6.07, 6.45) is 9.79. The average Bonchev–Trinajstić information content (AvgIpc) is 3.41. The van der Waals surface area contributed by atoms with Crippen LogP contribution in [0.1, 0.15) is 5.56 Å². The molecule has 0 aliphatic heterocycles. The summed E-state index contributed by atoms with van der Waals surface area (Å²) < 4.78 is 0. The smallest absolute Gasteiger partial charge is 0.0638 e. The first-order valence-corrected chi connectivity index (χ1v) is 11.9. The summed E-state index contributed by atoms with van der Waals surface area (Å²) in [5.41, 5.74) is 7.68. The third kappa shape index (κ3) is 5.91. The van der Waals surface area contributed by atoms with Crippen LogP contribution in [0.25, 0.3) is 0 Å². The molecule has 5 heteroatoms. The maximum absolute atomic E-state index is 4.71. The van der Waals surface area contributed by atoms with E-state index in [2.05, 4.69) is 15.7 Å². The lowest BCUT2D eigenvalue weighted by molar-refractivity contribution is 1.47. The first-order valence-electron chi connectivity index (χ1n) is 10.9. The number of nitrogens with one attached hydrogen (secondary N) is 1. The quantitative estimate of drug-likeness (QED) is 0.230. The Morgan fingerprint density at radius 3 is 1.74 bits per heavy atom. The number of benzene rings is 3. The maximum atomic E-state index is 4.71. The third-order valence-corrected chi connectivity index (χ3v) is 5.75. The highest BCUT2D eigenvalue weighted by molar-refractivity contribution is 7.08. The highest BCUT2D eigenvalue weighted by Gasteiger charge is 2.01. The summed E-state index contributed by atoms with van der Waals surface area (Å²) in [5.74, 6) is 0. The molecule has 1 heterocycles. The van der Waals surface area contributed by atoms with E-state index in [1.54, 1.807) is 11.3 Å². The number of thiophene rings is 1. The number of rotatable bonds is 6. The minimum absolute atomic E-state index is 0.885. The molecule has 34 heavy (non-hydrogen) atoms. The van der Waals surface area contributed by atoms with Crippen molar-refractivity contribution in [2.45, 2.75) is 0 Å². The predicted molar refractivity (Wildman–Crippen MR) is 147 cm³/mol. The van der Waals surface area contributed by atoms with Gasteiger partial charge in [-0.1, -0.05) is 18.2 Å². The number of nitrogens with zero attached hydrogens (tertiary/aromatic N) is 3. The van der Waals surface area contributed by atoms with Crippen LogP contribution in [0, 0.1) is 0 Å². The van der Waals surface area contributed by atoms with Crippen LogP contribution in [0.3, 0.4) is 0 Å². The van der Waals surface area contributed by atoms with E-state index < -0.39 is 0 Å². The second-order valence-electron chi connectivity index (χ2n) is 7.61. The van der Waals surface area contributed by atoms with Gasteiger partial charge in [0.15, 0.2) is 0 Å². The SMILES string of the molecule is C1=CC(=Nc2ccc(Nc3ccccc3)cc2)C=CC1=Nc1ccc(N=Cc2ccsc2)cc1. The Morgan fingerprint density at radius 2 is 1.15 bits per heavy atom. The summed E-state index contributed by atoms with van der Waals surface area (Å²) >= 11 is 1.66. The molecule has 0 bridgehead atoms. The molecule has 5 rings (SSSR count). The van der Waals surface area contributed by atoms with Crippen molar-refractivity contribution in [2.75, 3.05) is 5.32 Å². The standard InChI is InChI=1S/C29H22N4S/c1-2-4-24(5-3-1)31-26-10-12-28(13-11-26)33-29-16-14-27(15-17-29)32-25-8-6-23(7-9-25)30-20-22-18-19-34-21-22/h1-21,31H. The van der Waals surface area contributed by atoms with Gasteiger partial charge < -0.3 is 5.32 Å². The second-order valence-corrected chi connectivity index (χ2v) is 8.39. The van der Waals surface area contributed by atoms with Gasteiger partial charge in [0.05, 0.1) is 28.5 Å². The lowest BCUT2D eigenvalue weighted by atomic mass is 10.1. The molecule has 0 saturated carbocycles. The number of hydrogen-bond donors (Lipinski definition) is 1. The molecule has 0 amide bonds. The van der Waals surface area contributed by atoms with E-state index in [1.807, 2.05) is 121 Å². The number of aliphatic imine (C=N–C) groups is 3. The van der Waals surface area contributed by atoms with Crippen molar-refractivity contribution in [1.29, 1.82) is 0 Å². The molecule has 1 aliphatic carbocycles. The third-order valence-electron chi connectivity index (χ3n) is 5.05. The van der Waals surface area contributed by atoms with Gasteiger partial charge in [0.2, 0.25) is 0 Å². The van der Waals surface area contributed by atoms with Crippen molar-refractivity contribution < 1.29 is 0 Å². The summed E-state index contributed by atoms with van der Waals surface area (Å²) in [5, 5.41) is 7.50. The van der Waals surface area contributed by atoms with Gasteiger partial charge in [0, 0.05) is 23.2 Å². The Kier molecular flexibility index (Phi) is 6.64. The van der Waals surface area contributed by atoms with Crippen LogP contribution >= 0.6 is 11.3 Å². The molecule has 164 valence electrons. The molecule has 1 N–H and O–H groups in total. The Bertz CT molecular complexity index is 1360. The molecule has 0 unspecified atom stereocenters. The maximum Gasteiger partial charge on any atom is 0.0638 e. The summed E-state index contributed by atoms with van der Waals surface area (Å²) in [6, 6.07) is 28.1. The van der Waals surface area contributed by atoms with E-state index in [1.165, 1.54) is 0 Å². The van der Waals surface area contributed by atoms with Crippen LogP contribution in [0.5, 0.6) is 0 Å². The zero-order valence-electron chi connectivity index (χ0n) is 18.4. The Hall–Kier alpha value is -4.35. The normalized spacial score (nSPS) is 12.8. The van der Waals surface area contributed by atoms with Gasteiger partial charge in [0.1, 0.15) is 0 Å². The van der Waals surface area contributed by atoms with Crippen LogP contribution in [-0.4, -0.2) is 17.6 Å². The van der Waals surface area contributed by atoms with Gasteiger partial charge >= 0.3 is 0 Å². The molecular formula is C29H22N4S. The van der Waals surface area contributed by atoms with Crippen LogP contribution < -0.4 is 5.32 Å². The van der Waals surface area contributed by atoms with E-state index >= 15 is 0 Å². The molecule has 0 spiro atoms. The first kappa shape index (κ1) is 21.5. The van der Waals surface area contributed by atoms with E-state index in [0.29, 0.717) is 0 Å². The fourth-order valence-electron chi connectivity index (χ4n) is 3.32. The molecule has 3 aromatic carbocycles. The minimum Gasteiger partial charge on any atom is -0.356 e. The summed E-state index contributed by atoms with van der Waals surface area (Å²) in [7, 11) is 0. The largest absolute Gasteiger partial charge is 0.356 e. The Balaban J connectivity index is 1.20. The van der Waals surface area contributed by atoms with Gasteiger partial charge in [-0.3, -0.25) is 4.99 Å². The van der Waals surface area contributed by atoms with Crippen molar-refractivity contribution in [2.24, 2.45) is 15.0 Å². The lowest BCUT2D eigenvalue weighted by Crippen LogP contribution is -1.99. The zero-order valence-corrected chi connectivity index (χ0v) is 19.2. The van der Waals surface area contributed by atoms with Gasteiger partial charge in [-0.25, -0.2) is 9.98 Å². The topological polar surface area (TPSA) is 49.1 Å². The van der Waals surface area contributed by atoms with Crippen LogP contribution in [0.15, 0.2) is 135 Å². The molecular weight excluding hydrogens is 436 g/mol. The zero-order chi connectivity index (χ0) is 23.0. The van der Waals surface area contributed by atoms with Gasteiger partial charge in [0.25, 0.3) is 0 Å². The van der Waals surface area contributed by atoms with Crippen molar-refractivity contribution in [3.8, 4) is 0 Å². The monoisotopic (exact) mass is 458 g/mol. The van der Waals surface area contributed by atoms with Crippen molar-refractivity contribution in [3.05, 3.63) is 126 Å². The van der Waals surface area contributed by atoms with E-state index in [-0.39, 0.29) is 0 Å². The number of anilines is 2. The fraction of sp³-hybridized carbons (Fsp3) is 0. The van der Waals surface area contributed by atoms with Crippen molar-refractivity contribution >= 4 is 57.4 Å². The van der Waals surface area contributed by atoms with Crippen molar-refractivity contribution in [3.63, 3.8) is 0 Å². The molecule has 0 radical (unpaired) electrons. The molecule has 0 fully saturated rings. The number of hydrogen-bond acceptors (Lipinski definition) is 5. The molecule has 4 nitrogen and oxygen atoms in total. The van der Waals surface area contributed by atoms with E-state index in [9.17, 15) is 0 Å². The molecule has 4 aromatic rings. The van der Waals surface area contributed by atoms with E-state index in [0.717, 1.165) is 45.4 Å². The van der Waals surface area contributed by atoms with Gasteiger partial charge in [-0.15, -0.1) is 0 Å². The minimum atomic E-state index is 0.885. The van der Waals surface area contributed by atoms with E-state index in [4.69, 9.17) is 9.98 Å². The van der Waals surface area contributed by atoms with Crippen LogP contribution in [0.2, 0.25) is 0 Å². The molecule has 1 aliphatic rings. The van der Waals surface area contributed by atoms with Crippen LogP contribution in [-0.2, 0) is 0 Å². The highest BCUT2D eigenvalue weighted by atomic mass is 32.1. The van der Waals surface area contributed by atoms with Crippen LogP contribution in [0.4, 0.5) is 28.4 Å².